The van der Waals surface area contributed by atoms with Crippen LogP contribution in [0.3, 0.4) is 0 Å². The van der Waals surface area contributed by atoms with E-state index in [1.807, 2.05) is 118 Å². The van der Waals surface area contributed by atoms with Crippen molar-refractivity contribution in [2.24, 2.45) is 10.8 Å². The second-order valence-electron chi connectivity index (χ2n) is 17.3. The number of rotatable bonds is 7. The number of nitrogens with zero attached hydrogens (tertiary/aromatic N) is 5. The third kappa shape index (κ3) is 8.09. The number of aromatic nitrogens is 5. The third-order valence-corrected chi connectivity index (χ3v) is 9.28. The number of benzene rings is 4. The Hall–Kier alpha value is -5.06. The van der Waals surface area contributed by atoms with Gasteiger partial charge in [0.15, 0.2) is 0 Å². The van der Waals surface area contributed by atoms with Crippen LogP contribution in [-0.2, 0) is 39.2 Å². The van der Waals surface area contributed by atoms with E-state index in [0.717, 1.165) is 38.7 Å². The van der Waals surface area contributed by atoms with Crippen molar-refractivity contribution >= 4 is 32.8 Å². The molecule has 56 heavy (non-hydrogen) atoms. The molecule has 288 valence electrons. The molecule has 0 aliphatic rings. The number of hydrogen-bond acceptors (Lipinski definition) is 3. The van der Waals surface area contributed by atoms with Gasteiger partial charge in [-0.1, -0.05) is 134 Å². The van der Waals surface area contributed by atoms with Crippen LogP contribution in [0.1, 0.15) is 84.5 Å². The second kappa shape index (κ2) is 14.8. The first kappa shape index (κ1) is 34.2. The van der Waals surface area contributed by atoms with Crippen LogP contribution in [0.15, 0.2) is 110 Å². The summed E-state index contributed by atoms with van der Waals surface area (Å²) in [7, 11) is 0. The summed E-state index contributed by atoms with van der Waals surface area (Å²) in [6.45, 7) is 17.7. The number of imidazole rings is 1. The van der Waals surface area contributed by atoms with Crippen molar-refractivity contribution in [3.63, 3.8) is 0 Å². The number of para-hydroxylation sites is 3. The molecule has 7 heteroatoms. The van der Waals surface area contributed by atoms with Gasteiger partial charge in [-0.2, -0.15) is 6.07 Å². The van der Waals surface area contributed by atoms with Gasteiger partial charge in [-0.25, -0.2) is 4.98 Å². The third-order valence-electron chi connectivity index (χ3n) is 9.28. The Bertz CT molecular complexity index is 2850. The average molecular weight is 923 g/mol. The summed E-state index contributed by atoms with van der Waals surface area (Å²) in [5.41, 5.74) is 5.03. The number of ether oxygens (including phenoxy) is 1. The van der Waals surface area contributed by atoms with Crippen LogP contribution < -0.4 is 9.30 Å². The summed E-state index contributed by atoms with van der Waals surface area (Å²) in [5, 5.41) is 2.12. The van der Waals surface area contributed by atoms with E-state index in [2.05, 4.69) is 73.0 Å². The molecule has 0 bridgehead atoms. The van der Waals surface area contributed by atoms with Gasteiger partial charge in [0.05, 0.1) is 16.7 Å². The summed E-state index contributed by atoms with van der Waals surface area (Å²) >= 11 is 0. The minimum Gasteiger partial charge on any atom is -0.508 e. The zero-order valence-electron chi connectivity index (χ0n) is 37.4. The summed E-state index contributed by atoms with van der Waals surface area (Å²) in [6.07, 6.45) is 5.10. The topological polar surface area (TPSA) is 48.8 Å². The molecule has 0 amide bonds. The van der Waals surface area contributed by atoms with Crippen molar-refractivity contribution < 1.29 is 35.9 Å². The molecule has 0 N–H and O–H groups in total. The van der Waals surface area contributed by atoms with E-state index in [1.54, 1.807) is 18.5 Å². The first-order chi connectivity index (χ1) is 27.6. The summed E-state index contributed by atoms with van der Waals surface area (Å²) in [4.78, 5) is 9.35. The van der Waals surface area contributed by atoms with Crippen molar-refractivity contribution in [3.05, 3.63) is 145 Å². The SMILES string of the molecule is [2H]C([2H])(c1cc(-[n+]2[c-]n(-c3[c-]c(Oc4[c-]c5c(cc4)c4ccccc4n5-c4cc(C(C)(C)C)ccn4)cnc3)c3ccccc32)cc(C([2H])([2H])C(C)(C)C)c1)C(C)(C)C.[Pt]. The molecule has 4 aromatic heterocycles. The normalized spacial score (nSPS) is 13.9. The number of hydrogen-bond donors (Lipinski definition) is 0. The molecular formula is C49H49N5OPt-2. The molecule has 8 aromatic rings. The molecule has 0 radical (unpaired) electrons. The van der Waals surface area contributed by atoms with Gasteiger partial charge in [-0.15, -0.1) is 23.6 Å². The van der Waals surface area contributed by atoms with Crippen molar-refractivity contribution in [1.29, 1.82) is 0 Å². The predicted molar refractivity (Wildman–Crippen MR) is 223 cm³/mol. The van der Waals surface area contributed by atoms with Crippen molar-refractivity contribution in [2.45, 2.75) is 80.5 Å². The zero-order valence-corrected chi connectivity index (χ0v) is 35.6. The van der Waals surface area contributed by atoms with Crippen molar-refractivity contribution in [2.75, 3.05) is 0 Å². The number of pyridine rings is 2. The van der Waals surface area contributed by atoms with E-state index in [4.69, 9.17) is 9.72 Å². The second-order valence-corrected chi connectivity index (χ2v) is 17.3. The van der Waals surface area contributed by atoms with E-state index in [0.29, 0.717) is 34.0 Å². The molecule has 4 heterocycles. The monoisotopic (exact) mass is 922 g/mol. The smallest absolute Gasteiger partial charge is 0.268 e. The maximum atomic E-state index is 9.20. The van der Waals surface area contributed by atoms with Gasteiger partial charge in [-0.3, -0.25) is 4.57 Å². The van der Waals surface area contributed by atoms with E-state index >= 15 is 0 Å². The van der Waals surface area contributed by atoms with Crippen LogP contribution in [0.4, 0.5) is 0 Å². The molecule has 0 spiro atoms. The Morgan fingerprint density at radius 1 is 0.714 bits per heavy atom. The fraction of sp³-hybridized carbons (Fsp3) is 0.286. The number of fused-ring (bicyclic) bond motifs is 4. The quantitative estimate of drug-likeness (QED) is 0.118. The van der Waals surface area contributed by atoms with Gasteiger partial charge in [0, 0.05) is 49.8 Å². The molecule has 0 saturated heterocycles. The predicted octanol–water partition coefficient (Wildman–Crippen LogP) is 11.5. The Kier molecular flexibility index (Phi) is 9.03. The molecule has 0 unspecified atom stereocenters. The van der Waals surface area contributed by atoms with Crippen LogP contribution in [0.5, 0.6) is 11.5 Å². The maximum Gasteiger partial charge on any atom is 0.268 e. The molecule has 0 saturated carbocycles. The first-order valence-electron chi connectivity index (χ1n) is 20.7. The van der Waals surface area contributed by atoms with Gasteiger partial charge in [-0.05, 0) is 82.2 Å². The minimum absolute atomic E-state index is 0. The van der Waals surface area contributed by atoms with Gasteiger partial charge < -0.3 is 18.9 Å². The van der Waals surface area contributed by atoms with Gasteiger partial charge >= 0.3 is 0 Å². The van der Waals surface area contributed by atoms with E-state index in [9.17, 15) is 5.48 Å². The molecule has 0 aliphatic heterocycles. The van der Waals surface area contributed by atoms with Gasteiger partial charge in [0.25, 0.3) is 6.33 Å². The van der Waals surface area contributed by atoms with Crippen LogP contribution in [0, 0.1) is 29.3 Å². The zero-order chi connectivity index (χ0) is 42.3. The molecule has 4 aromatic carbocycles. The Labute approximate surface area is 351 Å². The molecule has 0 atom stereocenters. The molecular weight excluding hydrogens is 870 g/mol. The molecule has 0 fully saturated rings. The van der Waals surface area contributed by atoms with Crippen molar-refractivity contribution in [3.8, 4) is 28.7 Å². The van der Waals surface area contributed by atoms with Crippen LogP contribution in [-0.4, -0.2) is 19.1 Å². The first-order valence-corrected chi connectivity index (χ1v) is 18.7. The standard InChI is InChI=1S/C49H49N5O.Pt/c1-47(2,3)28-33-22-34(29-48(4,5)6)24-36(23-33)52-32-53(44-17-13-12-16-43(44)52)37-26-39(31-50-30-37)55-38-18-19-41-40-14-10-11-15-42(40)54(45(41)27-38)46-25-35(20-21-51-46)49(7,8)9;/h10-25,30-31H,28-29H2,1-9H3;/q-2;/i28D2,29D2;. The Morgan fingerprint density at radius 2 is 1.39 bits per heavy atom. The van der Waals surface area contributed by atoms with E-state index in [-0.39, 0.29) is 26.5 Å². The Balaban J connectivity index is 0.00000544. The fourth-order valence-electron chi connectivity index (χ4n) is 7.01. The van der Waals surface area contributed by atoms with E-state index < -0.39 is 23.6 Å². The fourth-order valence-corrected chi connectivity index (χ4v) is 7.01. The summed E-state index contributed by atoms with van der Waals surface area (Å²) in [6, 6.07) is 36.5. The minimum atomic E-state index is -1.77. The maximum absolute atomic E-state index is 9.20. The molecule has 6 nitrogen and oxygen atoms in total. The Morgan fingerprint density at radius 3 is 2.09 bits per heavy atom. The summed E-state index contributed by atoms with van der Waals surface area (Å²) in [5.74, 6) is 1.68. The average Bonchev–Trinajstić information content (AvgIpc) is 3.73. The molecule has 0 aliphatic carbocycles. The van der Waals surface area contributed by atoms with Gasteiger partial charge in [0.2, 0.25) is 0 Å². The van der Waals surface area contributed by atoms with Gasteiger partial charge in [0.1, 0.15) is 5.82 Å². The largest absolute Gasteiger partial charge is 0.508 e. The van der Waals surface area contributed by atoms with E-state index in [1.165, 1.54) is 5.56 Å². The van der Waals surface area contributed by atoms with Crippen LogP contribution in [0.25, 0.3) is 50.0 Å². The summed E-state index contributed by atoms with van der Waals surface area (Å²) < 4.78 is 49.1. The van der Waals surface area contributed by atoms with Crippen LogP contribution >= 0.6 is 0 Å². The molecule has 8 rings (SSSR count). The van der Waals surface area contributed by atoms with Crippen LogP contribution in [0.2, 0.25) is 0 Å². The van der Waals surface area contributed by atoms with Crippen molar-refractivity contribution in [1.82, 2.24) is 19.1 Å².